The second-order valence-electron chi connectivity index (χ2n) is 3.98. The topological polar surface area (TPSA) is 20.3 Å². The van der Waals surface area contributed by atoms with Crippen LogP contribution in [0.4, 0.5) is 17.6 Å². The van der Waals surface area contributed by atoms with Crippen LogP contribution in [0.2, 0.25) is 0 Å². The van der Waals surface area contributed by atoms with Crippen LogP contribution in [0.25, 0.3) is 0 Å². The maximum atomic E-state index is 13.6. The number of carbonyl (C=O) groups excluding carboxylic acids is 1. The Balaban J connectivity index is 3.19. The Morgan fingerprint density at radius 2 is 1.75 bits per heavy atom. The van der Waals surface area contributed by atoms with Gasteiger partial charge in [0, 0.05) is 13.1 Å². The molecule has 0 atom stereocenters. The van der Waals surface area contributed by atoms with Gasteiger partial charge in [-0.05, 0) is 18.2 Å². The van der Waals surface area contributed by atoms with Crippen molar-refractivity contribution in [2.75, 3.05) is 13.1 Å². The highest BCUT2D eigenvalue weighted by atomic mass is 19.4. The number of nitrogens with zero attached hydrogens (tertiary/aromatic N) is 1. The van der Waals surface area contributed by atoms with E-state index in [1.165, 1.54) is 12.2 Å². The lowest BCUT2D eigenvalue weighted by atomic mass is 10.1. The average molecular weight is 287 g/mol. The predicted octanol–water partition coefficient (Wildman–Crippen LogP) is 3.66. The van der Waals surface area contributed by atoms with E-state index in [1.54, 1.807) is 0 Å². The molecule has 1 rings (SSSR count). The summed E-state index contributed by atoms with van der Waals surface area (Å²) in [6.07, 6.45) is -1.84. The van der Waals surface area contributed by atoms with E-state index < -0.39 is 29.0 Å². The smallest absolute Gasteiger partial charge is 0.331 e. The summed E-state index contributed by atoms with van der Waals surface area (Å²) in [5.74, 6) is -1.84. The van der Waals surface area contributed by atoms with E-state index >= 15 is 0 Å². The first-order valence-corrected chi connectivity index (χ1v) is 5.69. The minimum absolute atomic E-state index is 0.0839. The number of carbonyl (C=O) groups is 1. The van der Waals surface area contributed by atoms with Gasteiger partial charge in [0.05, 0.1) is 11.1 Å². The molecule has 0 bridgehead atoms. The van der Waals surface area contributed by atoms with Gasteiger partial charge in [0.2, 0.25) is 0 Å². The summed E-state index contributed by atoms with van der Waals surface area (Å²) >= 11 is 0. The lowest BCUT2D eigenvalue weighted by Gasteiger charge is -2.20. The van der Waals surface area contributed by atoms with Gasteiger partial charge < -0.3 is 4.90 Å². The molecule has 0 aromatic heterocycles. The van der Waals surface area contributed by atoms with Crippen LogP contribution in [-0.4, -0.2) is 23.9 Å². The van der Waals surface area contributed by atoms with Crippen LogP contribution < -0.4 is 0 Å². The summed E-state index contributed by atoms with van der Waals surface area (Å²) in [6.45, 7) is 7.04. The molecule has 0 aliphatic rings. The van der Waals surface area contributed by atoms with E-state index in [4.69, 9.17) is 0 Å². The van der Waals surface area contributed by atoms with Crippen molar-refractivity contribution in [1.29, 1.82) is 0 Å². The molecular formula is C14H13F4NO. The van der Waals surface area contributed by atoms with Gasteiger partial charge in [-0.25, -0.2) is 4.39 Å². The lowest BCUT2D eigenvalue weighted by Crippen LogP contribution is -2.32. The second-order valence-corrected chi connectivity index (χ2v) is 3.98. The van der Waals surface area contributed by atoms with Gasteiger partial charge >= 0.3 is 6.18 Å². The van der Waals surface area contributed by atoms with E-state index in [-0.39, 0.29) is 13.1 Å². The Kier molecular flexibility index (Phi) is 5.07. The molecule has 0 heterocycles. The van der Waals surface area contributed by atoms with Crippen molar-refractivity contribution >= 4 is 5.91 Å². The molecule has 2 nitrogen and oxygen atoms in total. The summed E-state index contributed by atoms with van der Waals surface area (Å²) in [5.41, 5.74) is -1.69. The number of amides is 1. The SMILES string of the molecule is C=CCN(CC=C)C(=O)c1cc(C(F)(F)F)ccc1F. The van der Waals surface area contributed by atoms with Crippen LogP contribution in [0.15, 0.2) is 43.5 Å². The van der Waals surface area contributed by atoms with Gasteiger partial charge in [-0.1, -0.05) is 12.2 Å². The van der Waals surface area contributed by atoms with Gasteiger partial charge in [0.25, 0.3) is 5.91 Å². The van der Waals surface area contributed by atoms with Crippen LogP contribution >= 0.6 is 0 Å². The van der Waals surface area contributed by atoms with Crippen LogP contribution in [0, 0.1) is 5.82 Å². The van der Waals surface area contributed by atoms with Crippen LogP contribution in [0.5, 0.6) is 0 Å². The highest BCUT2D eigenvalue weighted by Gasteiger charge is 2.32. The third-order valence-corrected chi connectivity index (χ3v) is 2.51. The highest BCUT2D eigenvalue weighted by Crippen LogP contribution is 2.30. The van der Waals surface area contributed by atoms with Crippen molar-refractivity contribution in [2.45, 2.75) is 6.18 Å². The molecule has 0 aliphatic heterocycles. The van der Waals surface area contributed by atoms with Crippen molar-refractivity contribution in [3.63, 3.8) is 0 Å². The highest BCUT2D eigenvalue weighted by molar-refractivity contribution is 5.95. The van der Waals surface area contributed by atoms with Crippen molar-refractivity contribution in [3.05, 3.63) is 60.5 Å². The van der Waals surface area contributed by atoms with Gasteiger partial charge in [-0.2, -0.15) is 13.2 Å². The largest absolute Gasteiger partial charge is 0.416 e. The van der Waals surface area contributed by atoms with Crippen LogP contribution in [-0.2, 0) is 6.18 Å². The molecular weight excluding hydrogens is 274 g/mol. The van der Waals surface area contributed by atoms with Crippen molar-refractivity contribution in [3.8, 4) is 0 Å². The molecule has 1 aromatic rings. The second kappa shape index (κ2) is 6.36. The van der Waals surface area contributed by atoms with Gasteiger partial charge in [-0.3, -0.25) is 4.79 Å². The zero-order chi connectivity index (χ0) is 15.3. The van der Waals surface area contributed by atoms with E-state index in [2.05, 4.69) is 13.2 Å². The number of hydrogen-bond acceptors (Lipinski definition) is 1. The molecule has 6 heteroatoms. The number of halogens is 4. The predicted molar refractivity (Wildman–Crippen MR) is 67.7 cm³/mol. The molecule has 0 aliphatic carbocycles. The third-order valence-electron chi connectivity index (χ3n) is 2.51. The minimum Gasteiger partial charge on any atom is -0.331 e. The summed E-state index contributed by atoms with van der Waals surface area (Å²) < 4.78 is 51.3. The summed E-state index contributed by atoms with van der Waals surface area (Å²) in [5, 5.41) is 0. The average Bonchev–Trinajstić information content (AvgIpc) is 2.37. The molecule has 0 spiro atoms. The first kappa shape index (κ1) is 15.9. The zero-order valence-electron chi connectivity index (χ0n) is 10.6. The summed E-state index contributed by atoms with van der Waals surface area (Å²) in [7, 11) is 0. The van der Waals surface area contributed by atoms with Gasteiger partial charge in [0.15, 0.2) is 0 Å². The fourth-order valence-corrected chi connectivity index (χ4v) is 1.59. The fourth-order valence-electron chi connectivity index (χ4n) is 1.59. The molecule has 0 fully saturated rings. The molecule has 0 saturated heterocycles. The molecule has 0 N–H and O–H groups in total. The first-order valence-electron chi connectivity index (χ1n) is 5.69. The normalized spacial score (nSPS) is 11.0. The molecule has 0 radical (unpaired) electrons. The fraction of sp³-hybridized carbons (Fsp3) is 0.214. The Morgan fingerprint density at radius 1 is 1.20 bits per heavy atom. The first-order chi connectivity index (χ1) is 9.31. The minimum atomic E-state index is -4.63. The van der Waals surface area contributed by atoms with E-state index in [9.17, 15) is 22.4 Å². The molecule has 1 amide bonds. The van der Waals surface area contributed by atoms with E-state index in [0.717, 1.165) is 4.90 Å². The standard InChI is InChI=1S/C14H13F4NO/c1-3-7-19(8-4-2)13(20)11-9-10(14(16,17)18)5-6-12(11)15/h3-6,9H,1-2,7-8H2. The van der Waals surface area contributed by atoms with E-state index in [1.807, 2.05) is 0 Å². The maximum Gasteiger partial charge on any atom is 0.416 e. The van der Waals surface area contributed by atoms with Crippen molar-refractivity contribution < 1.29 is 22.4 Å². The number of alkyl halides is 3. The number of hydrogen-bond donors (Lipinski definition) is 0. The summed E-state index contributed by atoms with van der Waals surface area (Å²) in [4.78, 5) is 13.2. The Morgan fingerprint density at radius 3 is 2.20 bits per heavy atom. The van der Waals surface area contributed by atoms with Crippen molar-refractivity contribution in [2.24, 2.45) is 0 Å². The lowest BCUT2D eigenvalue weighted by molar-refractivity contribution is -0.137. The zero-order valence-corrected chi connectivity index (χ0v) is 10.6. The number of benzene rings is 1. The van der Waals surface area contributed by atoms with Crippen molar-refractivity contribution in [1.82, 2.24) is 4.90 Å². The Labute approximate surface area is 114 Å². The quantitative estimate of drug-likeness (QED) is 0.598. The molecule has 0 saturated carbocycles. The summed E-state index contributed by atoms with van der Waals surface area (Å²) in [6, 6.07) is 1.74. The van der Waals surface area contributed by atoms with Crippen LogP contribution in [0.3, 0.4) is 0 Å². The number of rotatable bonds is 5. The van der Waals surface area contributed by atoms with E-state index in [0.29, 0.717) is 18.2 Å². The molecule has 20 heavy (non-hydrogen) atoms. The van der Waals surface area contributed by atoms with Crippen LogP contribution in [0.1, 0.15) is 15.9 Å². The van der Waals surface area contributed by atoms with Gasteiger partial charge in [-0.15, -0.1) is 13.2 Å². The molecule has 0 unspecified atom stereocenters. The third kappa shape index (κ3) is 3.69. The Hall–Kier alpha value is -2.11. The van der Waals surface area contributed by atoms with Gasteiger partial charge in [0.1, 0.15) is 5.82 Å². The molecule has 108 valence electrons. The molecule has 1 aromatic carbocycles. The maximum absolute atomic E-state index is 13.6. The monoisotopic (exact) mass is 287 g/mol. The Bertz CT molecular complexity index is 512.